The van der Waals surface area contributed by atoms with Gasteiger partial charge in [-0.3, -0.25) is 14.2 Å². The Labute approximate surface area is 155 Å². The molecular weight excluding hydrogens is 348 g/mol. The molecule has 0 aliphatic rings. The van der Waals surface area contributed by atoms with E-state index in [-0.39, 0.29) is 11.8 Å². The van der Waals surface area contributed by atoms with Crippen LogP contribution in [0.15, 0.2) is 66.0 Å². The first-order chi connectivity index (χ1) is 12.6. The van der Waals surface area contributed by atoms with Crippen LogP contribution in [0.4, 0.5) is 11.4 Å². The normalized spacial score (nSPS) is 10.4. The van der Waals surface area contributed by atoms with Crippen LogP contribution < -0.4 is 10.6 Å². The van der Waals surface area contributed by atoms with Gasteiger partial charge in [0.1, 0.15) is 5.69 Å². The lowest BCUT2D eigenvalue weighted by molar-refractivity contribution is -0.114. The molecule has 1 heterocycles. The molecule has 0 atom stereocenters. The molecule has 2 N–H and O–H groups in total. The second-order valence-corrected chi connectivity index (χ2v) is 6.29. The van der Waals surface area contributed by atoms with E-state index in [1.807, 2.05) is 41.2 Å². The molecule has 7 heteroatoms. The molecule has 132 valence electrons. The van der Waals surface area contributed by atoms with E-state index in [4.69, 9.17) is 0 Å². The summed E-state index contributed by atoms with van der Waals surface area (Å²) >= 11 is 1.47. The first kappa shape index (κ1) is 17.8. The number of thioether (sulfide) groups is 1. The fourth-order valence-corrected chi connectivity index (χ4v) is 3.05. The zero-order valence-electron chi connectivity index (χ0n) is 14.4. The molecule has 0 spiro atoms. The molecule has 26 heavy (non-hydrogen) atoms. The van der Waals surface area contributed by atoms with Crippen LogP contribution in [0.5, 0.6) is 0 Å². The van der Waals surface area contributed by atoms with Crippen LogP contribution in [0.2, 0.25) is 0 Å². The van der Waals surface area contributed by atoms with Gasteiger partial charge >= 0.3 is 0 Å². The van der Waals surface area contributed by atoms with Gasteiger partial charge in [0.25, 0.3) is 5.91 Å². The Hall–Kier alpha value is -3.06. The Kier molecular flexibility index (Phi) is 5.38. The number of benzene rings is 2. The van der Waals surface area contributed by atoms with Crippen LogP contribution in [0.3, 0.4) is 0 Å². The number of para-hydroxylation sites is 1. The number of nitrogens with zero attached hydrogens (tertiary/aromatic N) is 2. The molecule has 1 aromatic heterocycles. The average Bonchev–Trinajstić information content (AvgIpc) is 3.08. The number of carbonyl (C=O) groups is 2. The molecule has 2 aromatic carbocycles. The predicted molar refractivity (Wildman–Crippen MR) is 104 cm³/mol. The van der Waals surface area contributed by atoms with Gasteiger partial charge in [-0.05, 0) is 42.7 Å². The van der Waals surface area contributed by atoms with E-state index in [1.54, 1.807) is 30.5 Å². The van der Waals surface area contributed by atoms with Crippen molar-refractivity contribution in [3.63, 3.8) is 0 Å². The number of aromatic nitrogens is 2. The third-order valence-electron chi connectivity index (χ3n) is 3.62. The molecule has 0 bridgehead atoms. The Morgan fingerprint density at radius 1 is 0.962 bits per heavy atom. The predicted octanol–water partition coefficient (Wildman–Crippen LogP) is 3.80. The molecule has 2 amide bonds. The van der Waals surface area contributed by atoms with Crippen molar-refractivity contribution in [2.24, 2.45) is 0 Å². The van der Waals surface area contributed by atoms with E-state index < -0.39 is 0 Å². The second kappa shape index (κ2) is 7.88. The maximum Gasteiger partial charge on any atom is 0.274 e. The summed E-state index contributed by atoms with van der Waals surface area (Å²) in [5.74, 6) is -0.396. The molecule has 0 fully saturated rings. The van der Waals surface area contributed by atoms with Crippen LogP contribution >= 0.6 is 11.8 Å². The van der Waals surface area contributed by atoms with Gasteiger partial charge in [-0.1, -0.05) is 30.0 Å². The maximum atomic E-state index is 12.7. The number of carbonyl (C=O) groups excluding carboxylic acids is 2. The van der Waals surface area contributed by atoms with Gasteiger partial charge in [0.15, 0.2) is 5.16 Å². The summed E-state index contributed by atoms with van der Waals surface area (Å²) in [6.07, 6.45) is 3.49. The lowest BCUT2D eigenvalue weighted by atomic mass is 10.2. The summed E-state index contributed by atoms with van der Waals surface area (Å²) in [5.41, 5.74) is 2.64. The van der Waals surface area contributed by atoms with Crippen LogP contribution in [0, 0.1) is 0 Å². The summed E-state index contributed by atoms with van der Waals surface area (Å²) in [4.78, 5) is 28.2. The second-order valence-electron chi connectivity index (χ2n) is 5.51. The summed E-state index contributed by atoms with van der Waals surface area (Å²) in [6.45, 7) is 1.45. The van der Waals surface area contributed by atoms with E-state index in [1.165, 1.54) is 18.7 Å². The third kappa shape index (κ3) is 3.94. The van der Waals surface area contributed by atoms with Gasteiger partial charge in [0.05, 0.1) is 6.20 Å². The van der Waals surface area contributed by atoms with E-state index in [9.17, 15) is 9.59 Å². The molecule has 0 unspecified atom stereocenters. The minimum Gasteiger partial charge on any atom is -0.326 e. The maximum absolute atomic E-state index is 12.7. The molecule has 3 rings (SSSR count). The summed E-state index contributed by atoms with van der Waals surface area (Å²) < 4.78 is 1.83. The van der Waals surface area contributed by atoms with Crippen LogP contribution in [-0.4, -0.2) is 27.6 Å². The zero-order valence-corrected chi connectivity index (χ0v) is 15.2. The highest BCUT2D eigenvalue weighted by Gasteiger charge is 2.17. The van der Waals surface area contributed by atoms with Crippen molar-refractivity contribution in [1.29, 1.82) is 0 Å². The lowest BCUT2D eigenvalue weighted by Crippen LogP contribution is -2.16. The van der Waals surface area contributed by atoms with Gasteiger partial charge in [0, 0.05) is 24.0 Å². The summed E-state index contributed by atoms with van der Waals surface area (Å²) in [7, 11) is 0. The van der Waals surface area contributed by atoms with Crippen molar-refractivity contribution in [3.05, 3.63) is 66.5 Å². The van der Waals surface area contributed by atoms with Crippen molar-refractivity contribution in [1.82, 2.24) is 9.55 Å². The van der Waals surface area contributed by atoms with Gasteiger partial charge in [-0.2, -0.15) is 0 Å². The number of hydrogen-bond acceptors (Lipinski definition) is 4. The Bertz CT molecular complexity index is 920. The van der Waals surface area contributed by atoms with Crippen molar-refractivity contribution in [3.8, 4) is 5.69 Å². The molecule has 0 saturated heterocycles. The number of anilines is 2. The van der Waals surface area contributed by atoms with Crippen molar-refractivity contribution in [2.45, 2.75) is 12.1 Å². The molecule has 3 aromatic rings. The zero-order chi connectivity index (χ0) is 18.5. The smallest absolute Gasteiger partial charge is 0.274 e. The first-order valence-corrected chi connectivity index (χ1v) is 9.17. The highest BCUT2D eigenvalue weighted by molar-refractivity contribution is 7.98. The molecule has 0 saturated carbocycles. The molecule has 0 radical (unpaired) electrons. The highest BCUT2D eigenvalue weighted by atomic mass is 32.2. The number of nitrogens with one attached hydrogen (secondary N) is 2. The largest absolute Gasteiger partial charge is 0.326 e. The van der Waals surface area contributed by atoms with E-state index in [2.05, 4.69) is 15.6 Å². The van der Waals surface area contributed by atoms with Crippen molar-refractivity contribution >= 4 is 35.0 Å². The fourth-order valence-electron chi connectivity index (χ4n) is 2.50. The van der Waals surface area contributed by atoms with E-state index in [0.29, 0.717) is 17.1 Å². The monoisotopic (exact) mass is 366 g/mol. The van der Waals surface area contributed by atoms with Crippen LogP contribution in [0.25, 0.3) is 5.69 Å². The molecular formula is C19H18N4O2S. The van der Waals surface area contributed by atoms with Crippen LogP contribution in [-0.2, 0) is 4.79 Å². The summed E-state index contributed by atoms with van der Waals surface area (Å²) in [5, 5.41) is 6.29. The first-order valence-electron chi connectivity index (χ1n) is 7.94. The minimum atomic E-state index is -0.256. The van der Waals surface area contributed by atoms with E-state index in [0.717, 1.165) is 10.8 Å². The Balaban J connectivity index is 1.84. The molecule has 6 nitrogen and oxygen atoms in total. The van der Waals surface area contributed by atoms with Crippen molar-refractivity contribution < 1.29 is 9.59 Å². The standard InChI is InChI=1S/C19H18N4O2S/c1-13(24)21-14-8-10-15(11-9-14)22-18(25)17-12-20-19(26-2)23(17)16-6-4-3-5-7-16/h3-12H,1-2H3,(H,21,24)(H,22,25). The van der Waals surface area contributed by atoms with Gasteiger partial charge in [-0.15, -0.1) is 0 Å². The van der Waals surface area contributed by atoms with Crippen LogP contribution in [0.1, 0.15) is 17.4 Å². The van der Waals surface area contributed by atoms with Crippen molar-refractivity contribution in [2.75, 3.05) is 16.9 Å². The van der Waals surface area contributed by atoms with Gasteiger partial charge in [0.2, 0.25) is 5.91 Å². The number of amides is 2. The minimum absolute atomic E-state index is 0.141. The summed E-state index contributed by atoms with van der Waals surface area (Å²) in [6, 6.07) is 16.6. The van der Waals surface area contributed by atoms with Gasteiger partial charge in [-0.25, -0.2) is 4.98 Å². The third-order valence-corrected chi connectivity index (χ3v) is 4.28. The molecule has 0 aliphatic heterocycles. The Morgan fingerprint density at radius 3 is 2.15 bits per heavy atom. The molecule has 0 aliphatic carbocycles. The Morgan fingerprint density at radius 2 is 1.58 bits per heavy atom. The SMILES string of the molecule is CSc1ncc(C(=O)Nc2ccc(NC(C)=O)cc2)n1-c1ccccc1. The van der Waals surface area contributed by atoms with E-state index >= 15 is 0 Å². The number of rotatable bonds is 5. The quantitative estimate of drug-likeness (QED) is 0.674. The lowest BCUT2D eigenvalue weighted by Gasteiger charge is -2.11. The number of imidazole rings is 1. The van der Waals surface area contributed by atoms with Gasteiger partial charge < -0.3 is 10.6 Å². The average molecular weight is 366 g/mol. The number of hydrogen-bond donors (Lipinski definition) is 2. The highest BCUT2D eigenvalue weighted by Crippen LogP contribution is 2.22. The fraction of sp³-hybridized carbons (Fsp3) is 0.105. The topological polar surface area (TPSA) is 76.0 Å².